The quantitative estimate of drug-likeness (QED) is 0.388. The molecule has 29 heavy (non-hydrogen) atoms. The summed E-state index contributed by atoms with van der Waals surface area (Å²) in [6.07, 6.45) is 1.81. The Hall–Kier alpha value is -2.86. The molecule has 0 aliphatic carbocycles. The maximum Gasteiger partial charge on any atom is 0.236 e. The third-order valence-corrected chi connectivity index (χ3v) is 5.66. The fourth-order valence-electron chi connectivity index (χ4n) is 3.07. The monoisotopic (exact) mass is 406 g/mol. The number of rotatable bonds is 9. The van der Waals surface area contributed by atoms with Crippen molar-refractivity contribution in [1.82, 2.24) is 19.7 Å². The van der Waals surface area contributed by atoms with Crippen molar-refractivity contribution in [2.75, 3.05) is 0 Å². The molecule has 1 atom stereocenters. The summed E-state index contributed by atoms with van der Waals surface area (Å²) in [6.45, 7) is 9.39. The molecule has 0 N–H and O–H groups in total. The van der Waals surface area contributed by atoms with Crippen molar-refractivity contribution >= 4 is 17.7 Å². The summed E-state index contributed by atoms with van der Waals surface area (Å²) in [5, 5.41) is 8.84. The van der Waals surface area contributed by atoms with Crippen LogP contribution in [0.15, 0.2) is 78.5 Å². The van der Waals surface area contributed by atoms with Gasteiger partial charge in [-0.1, -0.05) is 78.5 Å². The zero-order valence-electron chi connectivity index (χ0n) is 16.9. The molecule has 0 bridgehead atoms. The van der Waals surface area contributed by atoms with Gasteiger partial charge in [0, 0.05) is 19.6 Å². The highest BCUT2D eigenvalue weighted by molar-refractivity contribution is 8.00. The largest absolute Gasteiger partial charge is 0.333 e. The fourth-order valence-corrected chi connectivity index (χ4v) is 4.06. The Balaban J connectivity index is 1.78. The second-order valence-corrected chi connectivity index (χ2v) is 8.16. The van der Waals surface area contributed by atoms with E-state index in [1.807, 2.05) is 90.1 Å². The van der Waals surface area contributed by atoms with Crippen molar-refractivity contribution in [2.24, 2.45) is 0 Å². The number of amides is 1. The summed E-state index contributed by atoms with van der Waals surface area (Å²) in [5.41, 5.74) is 2.22. The van der Waals surface area contributed by atoms with Gasteiger partial charge < -0.3 is 9.47 Å². The molecule has 150 valence electrons. The lowest BCUT2D eigenvalue weighted by molar-refractivity contribution is -0.131. The zero-order chi connectivity index (χ0) is 20.6. The first-order chi connectivity index (χ1) is 14.1. The second kappa shape index (κ2) is 10.1. The highest BCUT2D eigenvalue weighted by atomic mass is 32.2. The number of hydrogen-bond acceptors (Lipinski definition) is 4. The van der Waals surface area contributed by atoms with E-state index >= 15 is 0 Å². The van der Waals surface area contributed by atoms with Gasteiger partial charge in [0.05, 0.1) is 5.25 Å². The van der Waals surface area contributed by atoms with Crippen molar-refractivity contribution in [3.8, 4) is 0 Å². The number of hydrogen-bond donors (Lipinski definition) is 0. The third-order valence-electron chi connectivity index (χ3n) is 4.59. The van der Waals surface area contributed by atoms with Gasteiger partial charge in [-0.15, -0.1) is 16.8 Å². The van der Waals surface area contributed by atoms with Crippen molar-refractivity contribution in [3.05, 3.63) is 90.3 Å². The molecule has 3 rings (SSSR count). The molecule has 2 aromatic carbocycles. The van der Waals surface area contributed by atoms with Gasteiger partial charge in [0.15, 0.2) is 5.16 Å². The Morgan fingerprint density at radius 2 is 1.62 bits per heavy atom. The smallest absolute Gasteiger partial charge is 0.236 e. The van der Waals surface area contributed by atoms with Crippen molar-refractivity contribution in [1.29, 1.82) is 0 Å². The summed E-state index contributed by atoms with van der Waals surface area (Å²) in [4.78, 5) is 15.3. The topological polar surface area (TPSA) is 51.0 Å². The van der Waals surface area contributed by atoms with Crippen molar-refractivity contribution < 1.29 is 4.79 Å². The first kappa shape index (κ1) is 20.9. The van der Waals surface area contributed by atoms with Crippen LogP contribution in [0.4, 0.5) is 0 Å². The molecule has 0 saturated heterocycles. The Kier molecular flexibility index (Phi) is 7.25. The molecule has 6 heteroatoms. The van der Waals surface area contributed by atoms with Crippen LogP contribution in [0, 0.1) is 6.92 Å². The Morgan fingerprint density at radius 1 is 1.07 bits per heavy atom. The minimum atomic E-state index is -0.283. The summed E-state index contributed by atoms with van der Waals surface area (Å²) in [7, 11) is 0. The zero-order valence-corrected chi connectivity index (χ0v) is 17.7. The van der Waals surface area contributed by atoms with Crippen LogP contribution < -0.4 is 0 Å². The van der Waals surface area contributed by atoms with E-state index in [1.54, 1.807) is 0 Å². The van der Waals surface area contributed by atoms with Crippen LogP contribution in [0.3, 0.4) is 0 Å². The average Bonchev–Trinajstić information content (AvgIpc) is 3.08. The number of allylic oxidation sites excluding steroid dienone is 1. The van der Waals surface area contributed by atoms with E-state index in [9.17, 15) is 4.79 Å². The lowest BCUT2D eigenvalue weighted by Gasteiger charge is -2.26. The molecule has 0 fully saturated rings. The van der Waals surface area contributed by atoms with Gasteiger partial charge in [-0.2, -0.15) is 0 Å². The van der Waals surface area contributed by atoms with Gasteiger partial charge >= 0.3 is 0 Å². The van der Waals surface area contributed by atoms with E-state index in [-0.39, 0.29) is 11.2 Å². The van der Waals surface area contributed by atoms with Gasteiger partial charge in [-0.25, -0.2) is 0 Å². The molecule has 0 radical (unpaired) electrons. The molecule has 0 saturated carbocycles. The predicted octanol–water partition coefficient (Wildman–Crippen LogP) is 4.48. The number of aryl methyl sites for hydroxylation is 1. The number of carbonyl (C=O) groups is 1. The van der Waals surface area contributed by atoms with Gasteiger partial charge in [0.1, 0.15) is 5.82 Å². The fraction of sp³-hybridized carbons (Fsp3) is 0.261. The molecular formula is C23H26N4OS. The van der Waals surface area contributed by atoms with Gasteiger partial charge in [0.25, 0.3) is 0 Å². The Morgan fingerprint density at radius 3 is 2.14 bits per heavy atom. The van der Waals surface area contributed by atoms with E-state index in [2.05, 4.69) is 16.8 Å². The maximum absolute atomic E-state index is 13.4. The van der Waals surface area contributed by atoms with Crippen LogP contribution in [0.2, 0.25) is 0 Å². The molecular weight excluding hydrogens is 380 g/mol. The van der Waals surface area contributed by atoms with E-state index < -0.39 is 0 Å². The molecule has 1 amide bonds. The first-order valence-electron chi connectivity index (χ1n) is 9.62. The lowest BCUT2D eigenvalue weighted by atomic mass is 10.1. The standard InChI is InChI=1S/C23H26N4OS/c1-4-15-27-19(3)24-25-23(27)29-18(2)22(28)26(16-20-11-7-5-8-12-20)17-21-13-9-6-10-14-21/h4-14,18H,1,15-17H2,2-3H3. The van der Waals surface area contributed by atoms with Gasteiger partial charge in [-0.3, -0.25) is 4.79 Å². The lowest BCUT2D eigenvalue weighted by Crippen LogP contribution is -2.35. The second-order valence-electron chi connectivity index (χ2n) is 6.85. The predicted molar refractivity (Wildman–Crippen MR) is 117 cm³/mol. The van der Waals surface area contributed by atoms with E-state index in [0.717, 1.165) is 22.1 Å². The van der Waals surface area contributed by atoms with Crippen LogP contribution in [0.1, 0.15) is 23.9 Å². The maximum atomic E-state index is 13.4. The van der Waals surface area contributed by atoms with Crippen LogP contribution >= 0.6 is 11.8 Å². The Bertz CT molecular complexity index is 899. The van der Waals surface area contributed by atoms with Crippen LogP contribution in [0.25, 0.3) is 0 Å². The van der Waals surface area contributed by atoms with Crippen LogP contribution in [-0.2, 0) is 24.4 Å². The molecule has 0 aliphatic heterocycles. The molecule has 0 aliphatic rings. The number of aromatic nitrogens is 3. The molecule has 0 spiro atoms. The summed E-state index contributed by atoms with van der Waals surface area (Å²) in [5.74, 6) is 0.894. The summed E-state index contributed by atoms with van der Waals surface area (Å²) >= 11 is 1.44. The highest BCUT2D eigenvalue weighted by Gasteiger charge is 2.24. The van der Waals surface area contributed by atoms with Crippen molar-refractivity contribution in [3.63, 3.8) is 0 Å². The highest BCUT2D eigenvalue weighted by Crippen LogP contribution is 2.25. The Labute approximate surface area is 176 Å². The average molecular weight is 407 g/mol. The number of benzene rings is 2. The van der Waals surface area contributed by atoms with Gasteiger partial charge in [0.2, 0.25) is 5.91 Å². The molecule has 1 unspecified atom stereocenters. The first-order valence-corrected chi connectivity index (χ1v) is 10.5. The van der Waals surface area contributed by atoms with E-state index in [4.69, 9.17) is 0 Å². The molecule has 5 nitrogen and oxygen atoms in total. The number of carbonyl (C=O) groups excluding carboxylic acids is 1. The van der Waals surface area contributed by atoms with E-state index in [1.165, 1.54) is 11.8 Å². The normalized spacial score (nSPS) is 11.8. The summed E-state index contributed by atoms with van der Waals surface area (Å²) < 4.78 is 1.97. The number of thioether (sulfide) groups is 1. The minimum absolute atomic E-state index is 0.0773. The van der Waals surface area contributed by atoms with E-state index in [0.29, 0.717) is 19.6 Å². The van der Waals surface area contributed by atoms with Crippen LogP contribution in [0.5, 0.6) is 0 Å². The number of nitrogens with zero attached hydrogens (tertiary/aromatic N) is 4. The van der Waals surface area contributed by atoms with Crippen LogP contribution in [-0.4, -0.2) is 30.8 Å². The summed E-state index contributed by atoms with van der Waals surface area (Å²) in [6, 6.07) is 20.2. The molecule has 1 heterocycles. The third kappa shape index (κ3) is 5.57. The minimum Gasteiger partial charge on any atom is -0.333 e. The SMILES string of the molecule is C=CCn1c(C)nnc1SC(C)C(=O)N(Cc1ccccc1)Cc1ccccc1. The molecule has 1 aromatic heterocycles. The van der Waals surface area contributed by atoms with Gasteiger partial charge in [-0.05, 0) is 25.0 Å². The molecule has 3 aromatic rings. The van der Waals surface area contributed by atoms with Crippen molar-refractivity contribution in [2.45, 2.75) is 43.9 Å².